The Morgan fingerprint density at radius 1 is 1.25 bits per heavy atom. The molecule has 1 aromatic carbocycles. The predicted molar refractivity (Wildman–Crippen MR) is 57.0 cm³/mol. The zero-order chi connectivity index (χ0) is 9.40. The molecule has 0 radical (unpaired) electrons. The molecular formula is C9H15BrN2. The Kier molecular flexibility index (Phi) is 7.05. The Morgan fingerprint density at radius 2 is 1.75 bits per heavy atom. The average Bonchev–Trinajstić information content (AvgIpc) is 2.13. The van der Waals surface area contributed by atoms with Crippen LogP contribution in [-0.2, 0) is 6.54 Å². The lowest BCUT2D eigenvalue weighted by atomic mass is 10.2. The second kappa shape index (κ2) is 7.28. The molecule has 1 aromatic rings. The normalized spacial score (nSPS) is 8.67. The molecule has 0 heterocycles. The third-order valence-corrected chi connectivity index (χ3v) is 1.82. The van der Waals surface area contributed by atoms with Gasteiger partial charge in [0.1, 0.15) is 0 Å². The zero-order valence-corrected chi connectivity index (χ0v) is 9.06. The van der Waals surface area contributed by atoms with E-state index in [0.29, 0.717) is 0 Å². The maximum Gasteiger partial charge on any atom is 0.0202 e. The van der Waals surface area contributed by atoms with Crippen LogP contribution in [-0.4, -0.2) is 14.1 Å². The van der Waals surface area contributed by atoms with Crippen molar-refractivity contribution < 1.29 is 0 Å². The third-order valence-electron chi connectivity index (χ3n) is 1.29. The molecule has 0 atom stereocenters. The molecule has 12 heavy (non-hydrogen) atoms. The fraction of sp³-hybridized carbons (Fsp3) is 0.333. The molecule has 0 aliphatic rings. The second-order valence-corrected chi connectivity index (χ2v) is 3.07. The number of hydrogen-bond acceptors (Lipinski definition) is 2. The Labute approximate surface area is 82.3 Å². The lowest BCUT2D eigenvalue weighted by molar-refractivity contribution is 0.818. The highest BCUT2D eigenvalue weighted by Crippen LogP contribution is 2.09. The van der Waals surface area contributed by atoms with Gasteiger partial charge in [-0.05, 0) is 31.8 Å². The van der Waals surface area contributed by atoms with Gasteiger partial charge in [0.15, 0.2) is 0 Å². The van der Waals surface area contributed by atoms with Crippen molar-refractivity contribution in [3.05, 3.63) is 34.3 Å². The van der Waals surface area contributed by atoms with E-state index < -0.39 is 0 Å². The molecule has 0 aliphatic carbocycles. The SMILES string of the molecule is CN.CNCc1ccc(Br)cc1. The Balaban J connectivity index is 0.000000561. The molecule has 0 fully saturated rings. The fourth-order valence-electron chi connectivity index (χ4n) is 0.806. The van der Waals surface area contributed by atoms with Crippen LogP contribution in [0.1, 0.15) is 5.56 Å². The van der Waals surface area contributed by atoms with Crippen LogP contribution < -0.4 is 11.1 Å². The van der Waals surface area contributed by atoms with Crippen LogP contribution in [0.2, 0.25) is 0 Å². The summed E-state index contributed by atoms with van der Waals surface area (Å²) in [4.78, 5) is 0. The van der Waals surface area contributed by atoms with Crippen molar-refractivity contribution in [2.45, 2.75) is 6.54 Å². The minimum Gasteiger partial charge on any atom is -0.333 e. The van der Waals surface area contributed by atoms with Gasteiger partial charge in [-0.3, -0.25) is 0 Å². The zero-order valence-electron chi connectivity index (χ0n) is 7.47. The average molecular weight is 231 g/mol. The standard InChI is InChI=1S/C8H10BrN.CH5N/c1-10-6-7-2-4-8(9)5-3-7;1-2/h2-5,10H,6H2,1H3;2H2,1H3. The third kappa shape index (κ3) is 4.49. The van der Waals surface area contributed by atoms with Crippen LogP contribution in [0.4, 0.5) is 0 Å². The van der Waals surface area contributed by atoms with Gasteiger partial charge in [-0.1, -0.05) is 28.1 Å². The highest BCUT2D eigenvalue weighted by Gasteiger charge is 1.88. The molecule has 0 saturated heterocycles. The van der Waals surface area contributed by atoms with E-state index in [0.717, 1.165) is 11.0 Å². The molecule has 0 amide bonds. The molecule has 0 saturated carbocycles. The van der Waals surface area contributed by atoms with E-state index in [1.807, 2.05) is 19.2 Å². The van der Waals surface area contributed by atoms with Gasteiger partial charge < -0.3 is 11.1 Å². The highest BCUT2D eigenvalue weighted by atomic mass is 79.9. The van der Waals surface area contributed by atoms with Gasteiger partial charge in [-0.15, -0.1) is 0 Å². The Bertz CT molecular complexity index is 196. The van der Waals surface area contributed by atoms with Crippen molar-refractivity contribution >= 4 is 15.9 Å². The first-order chi connectivity index (χ1) is 5.83. The smallest absolute Gasteiger partial charge is 0.0202 e. The molecule has 68 valence electrons. The Hall–Kier alpha value is -0.380. The van der Waals surface area contributed by atoms with Crippen molar-refractivity contribution in [2.75, 3.05) is 14.1 Å². The lowest BCUT2D eigenvalue weighted by Gasteiger charge is -1.97. The van der Waals surface area contributed by atoms with E-state index in [9.17, 15) is 0 Å². The minimum absolute atomic E-state index is 0.938. The molecule has 0 aromatic heterocycles. The van der Waals surface area contributed by atoms with Crippen LogP contribution in [0, 0.1) is 0 Å². The molecule has 0 unspecified atom stereocenters. The van der Waals surface area contributed by atoms with E-state index in [1.165, 1.54) is 12.6 Å². The number of halogens is 1. The second-order valence-electron chi connectivity index (χ2n) is 2.16. The largest absolute Gasteiger partial charge is 0.333 e. The summed E-state index contributed by atoms with van der Waals surface area (Å²) in [5.74, 6) is 0. The van der Waals surface area contributed by atoms with Crippen LogP contribution in [0.3, 0.4) is 0 Å². The summed E-state index contributed by atoms with van der Waals surface area (Å²) >= 11 is 3.38. The number of nitrogens with one attached hydrogen (secondary N) is 1. The summed E-state index contributed by atoms with van der Waals surface area (Å²) in [5.41, 5.74) is 5.81. The molecular weight excluding hydrogens is 216 g/mol. The molecule has 3 heteroatoms. The first kappa shape index (κ1) is 11.6. The maximum atomic E-state index is 4.50. The van der Waals surface area contributed by atoms with Crippen LogP contribution >= 0.6 is 15.9 Å². The fourth-order valence-corrected chi connectivity index (χ4v) is 1.07. The number of rotatable bonds is 2. The van der Waals surface area contributed by atoms with E-state index >= 15 is 0 Å². The predicted octanol–water partition coefficient (Wildman–Crippen LogP) is 1.74. The molecule has 2 nitrogen and oxygen atoms in total. The lowest BCUT2D eigenvalue weighted by Crippen LogP contribution is -2.04. The van der Waals surface area contributed by atoms with Gasteiger partial charge in [-0.25, -0.2) is 0 Å². The van der Waals surface area contributed by atoms with E-state index in [2.05, 4.69) is 39.1 Å². The van der Waals surface area contributed by atoms with E-state index in [-0.39, 0.29) is 0 Å². The van der Waals surface area contributed by atoms with Crippen molar-refractivity contribution in [3.8, 4) is 0 Å². The summed E-state index contributed by atoms with van der Waals surface area (Å²) in [6.07, 6.45) is 0. The van der Waals surface area contributed by atoms with E-state index in [4.69, 9.17) is 0 Å². The number of benzene rings is 1. The van der Waals surface area contributed by atoms with Crippen molar-refractivity contribution in [2.24, 2.45) is 5.73 Å². The van der Waals surface area contributed by atoms with Gasteiger partial charge in [0.25, 0.3) is 0 Å². The molecule has 1 rings (SSSR count). The van der Waals surface area contributed by atoms with Crippen LogP contribution in [0.25, 0.3) is 0 Å². The number of nitrogens with two attached hydrogens (primary N) is 1. The summed E-state index contributed by atoms with van der Waals surface area (Å²) in [6, 6.07) is 8.29. The van der Waals surface area contributed by atoms with Crippen molar-refractivity contribution in [1.29, 1.82) is 0 Å². The summed E-state index contributed by atoms with van der Waals surface area (Å²) in [7, 11) is 3.45. The first-order valence-electron chi connectivity index (χ1n) is 3.79. The minimum atomic E-state index is 0.938. The summed E-state index contributed by atoms with van der Waals surface area (Å²) < 4.78 is 1.13. The van der Waals surface area contributed by atoms with Gasteiger partial charge in [-0.2, -0.15) is 0 Å². The maximum absolute atomic E-state index is 4.50. The van der Waals surface area contributed by atoms with Gasteiger partial charge >= 0.3 is 0 Å². The van der Waals surface area contributed by atoms with E-state index in [1.54, 1.807) is 0 Å². The summed E-state index contributed by atoms with van der Waals surface area (Å²) in [6.45, 7) is 0.938. The van der Waals surface area contributed by atoms with Crippen LogP contribution in [0.15, 0.2) is 28.7 Å². The highest BCUT2D eigenvalue weighted by molar-refractivity contribution is 9.10. The molecule has 0 bridgehead atoms. The monoisotopic (exact) mass is 230 g/mol. The Morgan fingerprint density at radius 3 is 2.17 bits per heavy atom. The van der Waals surface area contributed by atoms with Crippen LogP contribution in [0.5, 0.6) is 0 Å². The quantitative estimate of drug-likeness (QED) is 0.813. The molecule has 3 N–H and O–H groups in total. The summed E-state index contributed by atoms with van der Waals surface area (Å²) in [5, 5.41) is 3.09. The molecule has 0 spiro atoms. The topological polar surface area (TPSA) is 38.0 Å². The first-order valence-corrected chi connectivity index (χ1v) is 4.59. The van der Waals surface area contributed by atoms with Crippen molar-refractivity contribution in [3.63, 3.8) is 0 Å². The van der Waals surface area contributed by atoms with Crippen molar-refractivity contribution in [1.82, 2.24) is 5.32 Å². The molecule has 0 aliphatic heterocycles. The van der Waals surface area contributed by atoms with Gasteiger partial charge in [0, 0.05) is 11.0 Å². The van der Waals surface area contributed by atoms with Gasteiger partial charge in [0.2, 0.25) is 0 Å². The number of hydrogen-bond donors (Lipinski definition) is 2. The van der Waals surface area contributed by atoms with Gasteiger partial charge in [0.05, 0.1) is 0 Å².